The predicted octanol–water partition coefficient (Wildman–Crippen LogP) is 21.4. The summed E-state index contributed by atoms with van der Waals surface area (Å²) in [5.41, 5.74) is 0. The molecular formula is C66H120O6. The zero-order valence-corrected chi connectivity index (χ0v) is 48.2. The molecule has 0 fully saturated rings. The summed E-state index contributed by atoms with van der Waals surface area (Å²) in [6, 6.07) is 0. The van der Waals surface area contributed by atoms with Crippen LogP contribution in [0.2, 0.25) is 0 Å². The van der Waals surface area contributed by atoms with Gasteiger partial charge in [0.15, 0.2) is 6.10 Å². The first-order valence-corrected chi connectivity index (χ1v) is 31.6. The Labute approximate surface area is 448 Å². The van der Waals surface area contributed by atoms with Crippen molar-refractivity contribution in [1.29, 1.82) is 0 Å². The van der Waals surface area contributed by atoms with Crippen LogP contribution < -0.4 is 0 Å². The SMILES string of the molecule is CCCC/C=C\C/C=C\CCCCCCCC(=O)OC(COC(=O)CCCCCCC)COC(=O)CCCCCCCCCCCCCCCCCCCCCCCCC/C=C\C/C=C\CCCCCCC. The van der Waals surface area contributed by atoms with Gasteiger partial charge in [0.05, 0.1) is 0 Å². The quantitative estimate of drug-likeness (QED) is 0.0261. The van der Waals surface area contributed by atoms with Crippen LogP contribution in [0.25, 0.3) is 0 Å². The van der Waals surface area contributed by atoms with E-state index >= 15 is 0 Å². The van der Waals surface area contributed by atoms with E-state index < -0.39 is 6.10 Å². The monoisotopic (exact) mass is 1010 g/mol. The highest BCUT2D eigenvalue weighted by Crippen LogP contribution is 2.17. The lowest BCUT2D eigenvalue weighted by molar-refractivity contribution is -0.167. The molecule has 72 heavy (non-hydrogen) atoms. The lowest BCUT2D eigenvalue weighted by Gasteiger charge is -2.18. The highest BCUT2D eigenvalue weighted by molar-refractivity contribution is 5.71. The molecule has 0 aliphatic heterocycles. The molecule has 6 nitrogen and oxygen atoms in total. The van der Waals surface area contributed by atoms with E-state index in [2.05, 4.69) is 69.4 Å². The van der Waals surface area contributed by atoms with E-state index in [1.807, 2.05) is 0 Å². The summed E-state index contributed by atoms with van der Waals surface area (Å²) in [5, 5.41) is 0. The van der Waals surface area contributed by atoms with Crippen molar-refractivity contribution in [2.45, 2.75) is 341 Å². The molecule has 0 saturated heterocycles. The minimum absolute atomic E-state index is 0.0754. The van der Waals surface area contributed by atoms with Crippen molar-refractivity contribution in [2.24, 2.45) is 0 Å². The van der Waals surface area contributed by atoms with Gasteiger partial charge in [-0.05, 0) is 77.0 Å². The van der Waals surface area contributed by atoms with Crippen molar-refractivity contribution in [3.05, 3.63) is 48.6 Å². The lowest BCUT2D eigenvalue weighted by Crippen LogP contribution is -2.30. The van der Waals surface area contributed by atoms with E-state index in [9.17, 15) is 14.4 Å². The molecule has 0 rings (SSSR count). The number of carbonyl (C=O) groups is 3. The van der Waals surface area contributed by atoms with Crippen LogP contribution in [-0.2, 0) is 28.6 Å². The summed E-state index contributed by atoms with van der Waals surface area (Å²) >= 11 is 0. The van der Waals surface area contributed by atoms with Crippen molar-refractivity contribution >= 4 is 17.9 Å². The maximum atomic E-state index is 12.7. The van der Waals surface area contributed by atoms with E-state index in [0.29, 0.717) is 19.3 Å². The smallest absolute Gasteiger partial charge is 0.306 e. The van der Waals surface area contributed by atoms with Gasteiger partial charge in [0.25, 0.3) is 0 Å². The fraction of sp³-hybridized carbons (Fsp3) is 0.833. The number of hydrogen-bond donors (Lipinski definition) is 0. The van der Waals surface area contributed by atoms with Crippen LogP contribution in [0.5, 0.6) is 0 Å². The van der Waals surface area contributed by atoms with Crippen molar-refractivity contribution in [2.75, 3.05) is 13.2 Å². The molecule has 0 radical (unpaired) electrons. The standard InChI is InChI=1S/C66H120O6/c1-4-7-10-13-15-17-19-21-23-24-25-26-27-28-29-30-31-32-33-34-35-36-37-38-39-40-41-42-43-45-46-48-50-53-56-59-65(68)71-62-63(61-70-64(67)58-55-52-12-9-6-3)72-66(69)60-57-54-51-49-47-44-22-20-18-16-14-11-8-5-2/h14,16,19-22,24-25,63H,4-13,15,17-18,23,26-62H2,1-3H3/b16-14-,21-19-,22-20-,25-24-. The van der Waals surface area contributed by atoms with Crippen molar-refractivity contribution in [3.63, 3.8) is 0 Å². The van der Waals surface area contributed by atoms with Crippen LogP contribution in [-0.4, -0.2) is 37.2 Å². The predicted molar refractivity (Wildman–Crippen MR) is 312 cm³/mol. The Kier molecular flexibility index (Phi) is 58.7. The first-order valence-electron chi connectivity index (χ1n) is 31.6. The second-order valence-corrected chi connectivity index (χ2v) is 21.3. The molecule has 0 amide bonds. The van der Waals surface area contributed by atoms with E-state index in [1.54, 1.807) is 0 Å². The van der Waals surface area contributed by atoms with Gasteiger partial charge in [0.2, 0.25) is 0 Å². The minimum atomic E-state index is -0.774. The summed E-state index contributed by atoms with van der Waals surface area (Å²) in [5.74, 6) is -0.890. The summed E-state index contributed by atoms with van der Waals surface area (Å²) in [7, 11) is 0. The molecule has 6 heteroatoms. The summed E-state index contributed by atoms with van der Waals surface area (Å²) in [6.45, 7) is 6.52. The van der Waals surface area contributed by atoms with Gasteiger partial charge in [-0.25, -0.2) is 0 Å². The second-order valence-electron chi connectivity index (χ2n) is 21.3. The van der Waals surface area contributed by atoms with Gasteiger partial charge in [-0.1, -0.05) is 288 Å². The molecule has 0 aromatic carbocycles. The van der Waals surface area contributed by atoms with E-state index in [-0.39, 0.29) is 31.1 Å². The van der Waals surface area contributed by atoms with E-state index in [1.165, 1.54) is 199 Å². The molecule has 0 N–H and O–H groups in total. The van der Waals surface area contributed by atoms with Crippen LogP contribution in [0.1, 0.15) is 335 Å². The lowest BCUT2D eigenvalue weighted by atomic mass is 10.0. The number of ether oxygens (including phenoxy) is 3. The first-order chi connectivity index (χ1) is 35.5. The average molecular weight is 1010 g/mol. The molecule has 0 aliphatic rings. The first kappa shape index (κ1) is 69.4. The third-order valence-corrected chi connectivity index (χ3v) is 14.1. The molecule has 0 aliphatic carbocycles. The summed E-state index contributed by atoms with van der Waals surface area (Å²) in [6.07, 6.45) is 76.2. The number of allylic oxidation sites excluding steroid dienone is 8. The van der Waals surface area contributed by atoms with Crippen LogP contribution >= 0.6 is 0 Å². The van der Waals surface area contributed by atoms with Gasteiger partial charge >= 0.3 is 17.9 Å². The van der Waals surface area contributed by atoms with Crippen molar-refractivity contribution in [1.82, 2.24) is 0 Å². The number of rotatable bonds is 58. The normalized spacial score (nSPS) is 12.3. The molecule has 0 bridgehead atoms. The molecule has 1 atom stereocenters. The van der Waals surface area contributed by atoms with Gasteiger partial charge in [-0.3, -0.25) is 14.4 Å². The molecule has 0 aromatic heterocycles. The molecule has 0 aromatic rings. The fourth-order valence-electron chi connectivity index (χ4n) is 9.26. The van der Waals surface area contributed by atoms with Crippen molar-refractivity contribution in [3.8, 4) is 0 Å². The highest BCUT2D eigenvalue weighted by atomic mass is 16.6. The average Bonchev–Trinajstić information content (AvgIpc) is 3.38. The van der Waals surface area contributed by atoms with E-state index in [0.717, 1.165) is 96.3 Å². The van der Waals surface area contributed by atoms with E-state index in [4.69, 9.17) is 14.2 Å². The topological polar surface area (TPSA) is 78.9 Å². The maximum absolute atomic E-state index is 12.7. The third kappa shape index (κ3) is 58.3. The van der Waals surface area contributed by atoms with Gasteiger partial charge in [-0.2, -0.15) is 0 Å². The Morgan fingerprint density at radius 1 is 0.278 bits per heavy atom. The molecular weight excluding hydrogens is 889 g/mol. The van der Waals surface area contributed by atoms with Crippen LogP contribution in [0.15, 0.2) is 48.6 Å². The zero-order valence-electron chi connectivity index (χ0n) is 48.2. The Morgan fingerprint density at radius 3 is 0.806 bits per heavy atom. The Hall–Kier alpha value is -2.63. The Bertz CT molecular complexity index is 1250. The summed E-state index contributed by atoms with van der Waals surface area (Å²) < 4.78 is 16.7. The van der Waals surface area contributed by atoms with Crippen LogP contribution in [0.4, 0.5) is 0 Å². The van der Waals surface area contributed by atoms with Gasteiger partial charge in [0, 0.05) is 19.3 Å². The second kappa shape index (κ2) is 60.9. The number of esters is 3. The third-order valence-electron chi connectivity index (χ3n) is 14.1. The zero-order chi connectivity index (χ0) is 52.2. The molecule has 0 heterocycles. The fourth-order valence-corrected chi connectivity index (χ4v) is 9.26. The molecule has 420 valence electrons. The molecule has 0 saturated carbocycles. The van der Waals surface area contributed by atoms with Gasteiger partial charge in [-0.15, -0.1) is 0 Å². The highest BCUT2D eigenvalue weighted by Gasteiger charge is 2.19. The van der Waals surface area contributed by atoms with Crippen LogP contribution in [0, 0.1) is 0 Å². The number of carbonyl (C=O) groups excluding carboxylic acids is 3. The Balaban J connectivity index is 3.85. The maximum Gasteiger partial charge on any atom is 0.306 e. The number of unbranched alkanes of at least 4 members (excludes halogenated alkanes) is 39. The summed E-state index contributed by atoms with van der Waals surface area (Å²) in [4.78, 5) is 37.8. The number of hydrogen-bond acceptors (Lipinski definition) is 6. The minimum Gasteiger partial charge on any atom is -0.462 e. The molecule has 1 unspecified atom stereocenters. The molecule has 0 spiro atoms. The Morgan fingerprint density at radius 2 is 0.514 bits per heavy atom. The van der Waals surface area contributed by atoms with Gasteiger partial charge in [0.1, 0.15) is 13.2 Å². The van der Waals surface area contributed by atoms with Gasteiger partial charge < -0.3 is 14.2 Å². The van der Waals surface area contributed by atoms with Crippen LogP contribution in [0.3, 0.4) is 0 Å². The van der Waals surface area contributed by atoms with Crippen molar-refractivity contribution < 1.29 is 28.6 Å². The largest absolute Gasteiger partial charge is 0.462 e.